The second kappa shape index (κ2) is 10.8. The summed E-state index contributed by atoms with van der Waals surface area (Å²) in [4.78, 5) is 0. The SMILES string of the molecule is c1ccc(-c2cccc(-n3c4ccc(-n5c6ccccc6c6ccccc65)cc4c4c5c6ccccc6n(-c6ccccc6)c5ccc43)c2)cc1. The van der Waals surface area contributed by atoms with Crippen LogP contribution in [0.1, 0.15) is 0 Å². The van der Waals surface area contributed by atoms with Crippen LogP contribution in [0.3, 0.4) is 0 Å². The van der Waals surface area contributed by atoms with Crippen molar-refractivity contribution in [1.29, 1.82) is 0 Å². The first-order valence-electron chi connectivity index (χ1n) is 17.5. The molecule has 0 aliphatic heterocycles. The first-order valence-corrected chi connectivity index (χ1v) is 17.5. The van der Waals surface area contributed by atoms with Crippen molar-refractivity contribution in [3.63, 3.8) is 0 Å². The molecule has 0 saturated heterocycles. The number of nitrogens with zero attached hydrogens (tertiary/aromatic N) is 3. The fraction of sp³-hybridized carbons (Fsp3) is 0. The molecule has 11 aromatic rings. The second-order valence-electron chi connectivity index (χ2n) is 13.4. The molecule has 0 N–H and O–H groups in total. The quantitative estimate of drug-likeness (QED) is 0.180. The van der Waals surface area contributed by atoms with Crippen molar-refractivity contribution in [2.75, 3.05) is 0 Å². The highest BCUT2D eigenvalue weighted by Crippen LogP contribution is 2.44. The smallest absolute Gasteiger partial charge is 0.0548 e. The molecule has 0 saturated carbocycles. The summed E-state index contributed by atoms with van der Waals surface area (Å²) in [5, 5.41) is 7.55. The van der Waals surface area contributed by atoms with E-state index in [9.17, 15) is 0 Å². The molecule has 0 radical (unpaired) electrons. The molecular weight excluding hydrogens is 619 g/mol. The van der Waals surface area contributed by atoms with Gasteiger partial charge in [-0.3, -0.25) is 0 Å². The topological polar surface area (TPSA) is 14.8 Å². The number of fused-ring (bicyclic) bond motifs is 10. The molecule has 0 fully saturated rings. The molecule has 0 aliphatic rings. The molecular formula is C48H31N3. The molecule has 0 bridgehead atoms. The van der Waals surface area contributed by atoms with Crippen LogP contribution in [0.5, 0.6) is 0 Å². The van der Waals surface area contributed by atoms with Gasteiger partial charge in [-0.15, -0.1) is 0 Å². The van der Waals surface area contributed by atoms with E-state index in [-0.39, 0.29) is 0 Å². The van der Waals surface area contributed by atoms with Crippen LogP contribution < -0.4 is 0 Å². The van der Waals surface area contributed by atoms with Crippen molar-refractivity contribution in [1.82, 2.24) is 13.7 Å². The summed E-state index contributed by atoms with van der Waals surface area (Å²) in [5.74, 6) is 0. The molecule has 0 spiro atoms. The van der Waals surface area contributed by atoms with E-state index in [0.717, 1.165) is 17.1 Å². The van der Waals surface area contributed by atoms with Crippen LogP contribution in [-0.4, -0.2) is 13.7 Å². The minimum atomic E-state index is 1.15. The van der Waals surface area contributed by atoms with E-state index in [0.29, 0.717) is 0 Å². The highest BCUT2D eigenvalue weighted by molar-refractivity contribution is 6.29. The molecule has 3 heteroatoms. The lowest BCUT2D eigenvalue weighted by Gasteiger charge is -2.12. The van der Waals surface area contributed by atoms with Gasteiger partial charge in [0.15, 0.2) is 0 Å². The minimum Gasteiger partial charge on any atom is -0.309 e. The predicted molar refractivity (Wildman–Crippen MR) is 215 cm³/mol. The Balaban J connectivity index is 1.29. The molecule has 3 heterocycles. The number of benzene rings is 8. The van der Waals surface area contributed by atoms with Gasteiger partial charge in [-0.1, -0.05) is 115 Å². The van der Waals surface area contributed by atoms with Gasteiger partial charge in [0, 0.05) is 49.4 Å². The third-order valence-corrected chi connectivity index (χ3v) is 10.6. The Bertz CT molecular complexity index is 3070. The molecule has 0 atom stereocenters. The first kappa shape index (κ1) is 28.0. The van der Waals surface area contributed by atoms with Gasteiger partial charge in [-0.25, -0.2) is 0 Å². The lowest BCUT2D eigenvalue weighted by molar-refractivity contribution is 1.16. The van der Waals surface area contributed by atoms with Gasteiger partial charge in [0.1, 0.15) is 0 Å². The van der Waals surface area contributed by atoms with Crippen LogP contribution in [0.25, 0.3) is 93.6 Å². The van der Waals surface area contributed by atoms with Gasteiger partial charge in [0.25, 0.3) is 0 Å². The number of hydrogen-bond acceptors (Lipinski definition) is 0. The molecule has 0 unspecified atom stereocenters. The van der Waals surface area contributed by atoms with Crippen molar-refractivity contribution < 1.29 is 0 Å². The number of para-hydroxylation sites is 4. The molecule has 0 aliphatic carbocycles. The third kappa shape index (κ3) is 4.06. The van der Waals surface area contributed by atoms with E-state index in [1.54, 1.807) is 0 Å². The third-order valence-electron chi connectivity index (χ3n) is 10.6. The van der Waals surface area contributed by atoms with Crippen molar-refractivity contribution in [2.24, 2.45) is 0 Å². The van der Waals surface area contributed by atoms with Gasteiger partial charge in [-0.2, -0.15) is 0 Å². The zero-order valence-electron chi connectivity index (χ0n) is 27.7. The van der Waals surface area contributed by atoms with E-state index < -0.39 is 0 Å². The van der Waals surface area contributed by atoms with E-state index in [4.69, 9.17) is 0 Å². The highest BCUT2D eigenvalue weighted by Gasteiger charge is 2.22. The monoisotopic (exact) mass is 649 g/mol. The maximum atomic E-state index is 2.46. The number of aromatic nitrogens is 3. The Morgan fingerprint density at radius 2 is 0.667 bits per heavy atom. The lowest BCUT2D eigenvalue weighted by atomic mass is 10.0. The average molecular weight is 650 g/mol. The Hall–Kier alpha value is -6.84. The van der Waals surface area contributed by atoms with E-state index in [1.807, 2.05) is 0 Å². The van der Waals surface area contributed by atoms with Crippen molar-refractivity contribution >= 4 is 65.4 Å². The zero-order valence-corrected chi connectivity index (χ0v) is 27.7. The van der Waals surface area contributed by atoms with Gasteiger partial charge in [-0.05, 0) is 83.9 Å². The number of hydrogen-bond donors (Lipinski definition) is 0. The molecule has 0 amide bonds. The molecule has 238 valence electrons. The van der Waals surface area contributed by atoms with Gasteiger partial charge >= 0.3 is 0 Å². The molecule has 8 aromatic carbocycles. The van der Waals surface area contributed by atoms with Crippen LogP contribution in [0, 0.1) is 0 Å². The minimum absolute atomic E-state index is 1.15. The summed E-state index contributed by atoms with van der Waals surface area (Å²) in [7, 11) is 0. The largest absolute Gasteiger partial charge is 0.309 e. The summed E-state index contributed by atoms with van der Waals surface area (Å²) in [6.45, 7) is 0. The van der Waals surface area contributed by atoms with E-state index in [1.165, 1.54) is 76.5 Å². The van der Waals surface area contributed by atoms with Gasteiger partial charge in [0.05, 0.1) is 33.1 Å². The molecule has 11 rings (SSSR count). The van der Waals surface area contributed by atoms with Crippen LogP contribution in [-0.2, 0) is 0 Å². The van der Waals surface area contributed by atoms with E-state index in [2.05, 4.69) is 202 Å². The van der Waals surface area contributed by atoms with E-state index >= 15 is 0 Å². The number of rotatable bonds is 4. The Morgan fingerprint density at radius 3 is 1.35 bits per heavy atom. The molecule has 51 heavy (non-hydrogen) atoms. The normalized spacial score (nSPS) is 11.9. The first-order chi connectivity index (χ1) is 25.3. The highest BCUT2D eigenvalue weighted by atomic mass is 15.0. The van der Waals surface area contributed by atoms with Crippen LogP contribution in [0.15, 0.2) is 188 Å². The van der Waals surface area contributed by atoms with Crippen LogP contribution in [0.2, 0.25) is 0 Å². The average Bonchev–Trinajstić information content (AvgIpc) is 3.84. The van der Waals surface area contributed by atoms with Crippen molar-refractivity contribution in [3.8, 4) is 28.2 Å². The standard InChI is InChI=1S/C48H31N3/c1-3-14-32(15-4-1)33-16-13-19-35(30-33)51-44-27-26-36(50-41-23-10-7-20-37(41)38-21-8-11-24-42(38)50)31-40(44)48-46(51)29-28-45-47(48)39-22-9-12-25-43(39)49(45)34-17-5-2-6-18-34/h1-31H. The predicted octanol–water partition coefficient (Wildman–Crippen LogP) is 12.6. The van der Waals surface area contributed by atoms with Crippen LogP contribution >= 0.6 is 0 Å². The lowest BCUT2D eigenvalue weighted by Crippen LogP contribution is -1.96. The summed E-state index contributed by atoms with van der Waals surface area (Å²) in [6.07, 6.45) is 0. The summed E-state index contributed by atoms with van der Waals surface area (Å²) >= 11 is 0. The van der Waals surface area contributed by atoms with Crippen LogP contribution in [0.4, 0.5) is 0 Å². The summed E-state index contributed by atoms with van der Waals surface area (Å²) < 4.78 is 7.30. The Kier molecular flexibility index (Phi) is 5.96. The Labute approximate surface area is 294 Å². The van der Waals surface area contributed by atoms with Crippen molar-refractivity contribution in [2.45, 2.75) is 0 Å². The maximum absolute atomic E-state index is 2.46. The zero-order chi connectivity index (χ0) is 33.5. The Morgan fingerprint density at radius 1 is 0.235 bits per heavy atom. The van der Waals surface area contributed by atoms with Gasteiger partial charge in [0.2, 0.25) is 0 Å². The van der Waals surface area contributed by atoms with Crippen molar-refractivity contribution in [3.05, 3.63) is 188 Å². The molecule has 3 aromatic heterocycles. The fourth-order valence-electron chi connectivity index (χ4n) is 8.49. The molecule has 3 nitrogen and oxygen atoms in total. The fourth-order valence-corrected chi connectivity index (χ4v) is 8.49. The second-order valence-corrected chi connectivity index (χ2v) is 13.4. The van der Waals surface area contributed by atoms with Gasteiger partial charge < -0.3 is 13.7 Å². The summed E-state index contributed by atoms with van der Waals surface area (Å²) in [6, 6.07) is 68.4. The maximum Gasteiger partial charge on any atom is 0.0548 e. The summed E-state index contributed by atoms with van der Waals surface area (Å²) in [5.41, 5.74) is 13.1.